The van der Waals surface area contributed by atoms with Gasteiger partial charge < -0.3 is 9.52 Å². The van der Waals surface area contributed by atoms with Gasteiger partial charge in [-0.3, -0.25) is 5.01 Å². The van der Waals surface area contributed by atoms with Gasteiger partial charge in [-0.15, -0.1) is 0 Å². The van der Waals surface area contributed by atoms with Gasteiger partial charge in [-0.25, -0.2) is 0 Å². The summed E-state index contributed by atoms with van der Waals surface area (Å²) >= 11 is 0. The van der Waals surface area contributed by atoms with E-state index >= 15 is 0 Å². The lowest BCUT2D eigenvalue weighted by atomic mass is 9.47. The maximum atomic E-state index is 10.3. The molecule has 2 aromatic rings. The highest BCUT2D eigenvalue weighted by molar-refractivity contribution is 5.91. The topological polar surface area (TPSA) is 49.0 Å². The zero-order chi connectivity index (χ0) is 24.5. The summed E-state index contributed by atoms with van der Waals surface area (Å²) in [6.07, 6.45) is 14.7. The number of nitrogens with zero attached hydrogens (tertiary/aromatic N) is 2. The monoisotopic (exact) mass is 484 g/mol. The van der Waals surface area contributed by atoms with Crippen molar-refractivity contribution in [1.29, 1.82) is 0 Å². The van der Waals surface area contributed by atoms with Crippen molar-refractivity contribution >= 4 is 11.4 Å². The van der Waals surface area contributed by atoms with Crippen LogP contribution >= 0.6 is 0 Å². The maximum absolute atomic E-state index is 10.3. The molecular weight excluding hydrogens is 444 g/mol. The minimum Gasteiger partial charge on any atom is -0.467 e. The van der Waals surface area contributed by atoms with Gasteiger partial charge in [0, 0.05) is 18.1 Å². The number of fused-ring (bicyclic) bond motifs is 5. The van der Waals surface area contributed by atoms with E-state index in [1.807, 2.05) is 6.07 Å². The van der Waals surface area contributed by atoms with Gasteiger partial charge in [0.25, 0.3) is 0 Å². The molecular formula is C32H40N2O2. The molecule has 5 aliphatic rings. The number of aliphatic hydroxyl groups excluding tert-OH is 1. The van der Waals surface area contributed by atoms with E-state index in [2.05, 4.69) is 61.3 Å². The smallest absolute Gasteiger partial charge is 0.128 e. The average Bonchev–Trinajstić information content (AvgIpc) is 3.63. The summed E-state index contributed by atoms with van der Waals surface area (Å²) in [5, 5.41) is 17.9. The van der Waals surface area contributed by atoms with E-state index < -0.39 is 0 Å². The molecule has 7 rings (SSSR count). The Balaban J connectivity index is 1.19. The van der Waals surface area contributed by atoms with Gasteiger partial charge in [-0.2, -0.15) is 5.10 Å². The lowest BCUT2D eigenvalue weighted by Crippen LogP contribution is -2.51. The first-order chi connectivity index (χ1) is 17.5. The second kappa shape index (κ2) is 8.34. The van der Waals surface area contributed by atoms with E-state index in [0.717, 1.165) is 54.9 Å². The fourth-order valence-corrected chi connectivity index (χ4v) is 9.45. The predicted octanol–water partition coefficient (Wildman–Crippen LogP) is 7.53. The molecule has 4 heteroatoms. The van der Waals surface area contributed by atoms with Crippen LogP contribution in [0.2, 0.25) is 0 Å². The number of allylic oxidation sites excluding steroid dienone is 1. The molecule has 1 N–H and O–H groups in total. The van der Waals surface area contributed by atoms with Crippen molar-refractivity contribution in [2.45, 2.75) is 83.8 Å². The van der Waals surface area contributed by atoms with Crippen LogP contribution in [0.25, 0.3) is 0 Å². The highest BCUT2D eigenvalue weighted by atomic mass is 16.3. The molecule has 36 heavy (non-hydrogen) atoms. The average molecular weight is 485 g/mol. The number of hydrazone groups is 1. The lowest BCUT2D eigenvalue weighted by molar-refractivity contribution is -0.0424. The maximum Gasteiger partial charge on any atom is 0.128 e. The van der Waals surface area contributed by atoms with Crippen molar-refractivity contribution in [2.75, 3.05) is 5.01 Å². The van der Waals surface area contributed by atoms with Crippen molar-refractivity contribution in [3.05, 3.63) is 66.1 Å². The van der Waals surface area contributed by atoms with E-state index in [0.29, 0.717) is 16.7 Å². The highest BCUT2D eigenvalue weighted by Crippen LogP contribution is 2.66. The molecule has 0 spiro atoms. The van der Waals surface area contributed by atoms with Crippen LogP contribution < -0.4 is 5.01 Å². The van der Waals surface area contributed by atoms with Gasteiger partial charge >= 0.3 is 0 Å². The molecule has 1 unspecified atom stereocenters. The number of para-hydroxylation sites is 1. The number of hydrogen-bond donors (Lipinski definition) is 1. The van der Waals surface area contributed by atoms with Gasteiger partial charge in [-0.05, 0) is 104 Å². The van der Waals surface area contributed by atoms with Gasteiger partial charge in [0.15, 0.2) is 0 Å². The third-order valence-corrected chi connectivity index (χ3v) is 11.3. The van der Waals surface area contributed by atoms with Crippen LogP contribution in [0, 0.1) is 34.5 Å². The Hall–Kier alpha value is -2.33. The standard InChI is InChI=1S/C32H40N2O2/c1-31-16-14-23(35)19-21(31)10-11-24-25-12-13-27(32(25,2)17-15-26(24)31)28-20-29(30-9-6-18-36-30)34(33-28)22-7-4-3-5-8-22/h3-10,18,23-27,29,35H,11-17,19-20H2,1-2H3/t23-,24-,25-,26-,27+,29?,31-,32-/m0/s1. The molecule has 4 aliphatic carbocycles. The zero-order valence-corrected chi connectivity index (χ0v) is 21.8. The van der Waals surface area contributed by atoms with Gasteiger partial charge in [0.2, 0.25) is 0 Å². The largest absolute Gasteiger partial charge is 0.467 e. The van der Waals surface area contributed by atoms with Crippen molar-refractivity contribution < 1.29 is 9.52 Å². The minimum absolute atomic E-state index is 0.124. The summed E-state index contributed by atoms with van der Waals surface area (Å²) in [5.74, 6) is 3.91. The molecule has 0 radical (unpaired) electrons. The van der Waals surface area contributed by atoms with Crippen LogP contribution in [-0.4, -0.2) is 16.9 Å². The number of rotatable bonds is 3. The number of anilines is 1. The lowest BCUT2D eigenvalue weighted by Gasteiger charge is -2.58. The van der Waals surface area contributed by atoms with Crippen LogP contribution in [0.1, 0.15) is 83.4 Å². The Labute approximate surface area is 215 Å². The summed E-state index contributed by atoms with van der Waals surface area (Å²) in [6.45, 7) is 5.14. The van der Waals surface area contributed by atoms with Crippen LogP contribution in [0.15, 0.2) is 69.9 Å². The SMILES string of the molecule is C[C@]12CC[C@H]3[C@@H](CC=C4C[C@@H](O)CC[C@@]43C)[C@@H]1CC[C@@H]2C1=NN(c2ccccc2)C(c2ccco2)C1. The van der Waals surface area contributed by atoms with E-state index in [1.165, 1.54) is 37.8 Å². The predicted molar refractivity (Wildman–Crippen MR) is 144 cm³/mol. The molecule has 1 aromatic heterocycles. The minimum atomic E-state index is -0.124. The Morgan fingerprint density at radius 3 is 2.61 bits per heavy atom. The molecule has 8 atom stereocenters. The Kier molecular flexibility index (Phi) is 5.29. The molecule has 190 valence electrons. The summed E-state index contributed by atoms with van der Waals surface area (Å²) < 4.78 is 5.91. The summed E-state index contributed by atoms with van der Waals surface area (Å²) in [5.41, 5.74) is 4.75. The first-order valence-corrected chi connectivity index (χ1v) is 14.3. The van der Waals surface area contributed by atoms with Gasteiger partial charge in [0.05, 0.1) is 18.1 Å². The van der Waals surface area contributed by atoms with Crippen molar-refractivity contribution in [1.82, 2.24) is 0 Å². The van der Waals surface area contributed by atoms with Gasteiger partial charge in [0.1, 0.15) is 11.8 Å². The van der Waals surface area contributed by atoms with Gasteiger partial charge in [-0.1, -0.05) is 43.7 Å². The number of aliphatic hydroxyl groups is 1. The third-order valence-electron chi connectivity index (χ3n) is 11.3. The Morgan fingerprint density at radius 1 is 0.944 bits per heavy atom. The van der Waals surface area contributed by atoms with Crippen molar-refractivity contribution in [3.63, 3.8) is 0 Å². The van der Waals surface area contributed by atoms with Crippen LogP contribution in [0.5, 0.6) is 0 Å². The molecule has 0 saturated heterocycles. The van der Waals surface area contributed by atoms with Crippen molar-refractivity contribution in [3.8, 4) is 0 Å². The van der Waals surface area contributed by atoms with Crippen LogP contribution in [0.4, 0.5) is 5.69 Å². The van der Waals surface area contributed by atoms with E-state index in [-0.39, 0.29) is 12.1 Å². The molecule has 2 heterocycles. The molecule has 1 aliphatic heterocycles. The summed E-state index contributed by atoms with van der Waals surface area (Å²) in [6, 6.07) is 14.9. The first kappa shape index (κ1) is 22.8. The fourth-order valence-electron chi connectivity index (χ4n) is 9.45. The van der Waals surface area contributed by atoms with Crippen LogP contribution in [-0.2, 0) is 0 Å². The number of hydrogen-bond acceptors (Lipinski definition) is 4. The summed E-state index contributed by atoms with van der Waals surface area (Å²) in [7, 11) is 0. The third kappa shape index (κ3) is 3.32. The Bertz CT molecular complexity index is 1170. The van der Waals surface area contributed by atoms with E-state index in [4.69, 9.17) is 9.52 Å². The van der Waals surface area contributed by atoms with E-state index in [1.54, 1.807) is 11.8 Å². The summed E-state index contributed by atoms with van der Waals surface area (Å²) in [4.78, 5) is 0. The highest BCUT2D eigenvalue weighted by Gasteiger charge is 2.59. The Morgan fingerprint density at radius 2 is 1.81 bits per heavy atom. The fraction of sp³-hybridized carbons (Fsp3) is 0.594. The number of benzene rings is 1. The molecule has 4 nitrogen and oxygen atoms in total. The van der Waals surface area contributed by atoms with Crippen LogP contribution in [0.3, 0.4) is 0 Å². The molecule has 0 amide bonds. The van der Waals surface area contributed by atoms with Crippen molar-refractivity contribution in [2.24, 2.45) is 39.6 Å². The molecule has 1 aromatic carbocycles. The van der Waals surface area contributed by atoms with E-state index in [9.17, 15) is 5.11 Å². The zero-order valence-electron chi connectivity index (χ0n) is 21.8. The normalized spacial score (nSPS) is 41.8. The quantitative estimate of drug-likeness (QED) is 0.458. The number of furan rings is 1. The second-order valence-corrected chi connectivity index (χ2v) is 12.8. The second-order valence-electron chi connectivity index (χ2n) is 12.8. The first-order valence-electron chi connectivity index (χ1n) is 14.3. The molecule has 0 bridgehead atoms. The molecule has 3 saturated carbocycles. The molecule has 3 fully saturated rings.